The minimum absolute atomic E-state index is 0.0300. The van der Waals surface area contributed by atoms with Crippen LogP contribution in [0.4, 0.5) is 14.6 Å². The second-order valence-corrected chi connectivity index (χ2v) is 6.20. The fraction of sp³-hybridized carbons (Fsp3) is 0.222. The Balaban J connectivity index is 1.56. The van der Waals surface area contributed by atoms with Gasteiger partial charge in [-0.05, 0) is 31.2 Å². The van der Waals surface area contributed by atoms with Crippen LogP contribution in [0, 0.1) is 18.6 Å². The molecule has 8 heteroatoms. The Hall–Kier alpha value is -3.00. The topological polar surface area (TPSA) is 60.5 Å². The van der Waals surface area contributed by atoms with Crippen molar-refractivity contribution in [2.75, 3.05) is 18.1 Å². The van der Waals surface area contributed by atoms with Gasteiger partial charge in [0.2, 0.25) is 0 Å². The first-order chi connectivity index (χ1) is 12.6. The van der Waals surface area contributed by atoms with E-state index in [1.807, 2.05) is 23.2 Å². The van der Waals surface area contributed by atoms with E-state index < -0.39 is 11.6 Å². The molecule has 0 saturated carbocycles. The first-order valence-electron chi connectivity index (χ1n) is 8.25. The van der Waals surface area contributed by atoms with E-state index in [0.717, 1.165) is 23.3 Å². The Morgan fingerprint density at radius 1 is 1.23 bits per heavy atom. The zero-order valence-corrected chi connectivity index (χ0v) is 14.1. The maximum atomic E-state index is 13.8. The number of halogens is 2. The molecule has 2 aromatic rings. The maximum Gasteiger partial charge on any atom is 0.254 e. The second-order valence-electron chi connectivity index (χ2n) is 6.20. The van der Waals surface area contributed by atoms with E-state index in [1.165, 1.54) is 13.0 Å². The van der Waals surface area contributed by atoms with Gasteiger partial charge in [0.15, 0.2) is 11.6 Å². The molecule has 0 saturated heterocycles. The smallest absolute Gasteiger partial charge is 0.254 e. The number of benzene rings is 1. The number of pyridine rings is 1. The van der Waals surface area contributed by atoms with Gasteiger partial charge in [0.1, 0.15) is 5.82 Å². The van der Waals surface area contributed by atoms with E-state index >= 15 is 0 Å². The minimum atomic E-state index is -0.977. The molecule has 26 heavy (non-hydrogen) atoms. The van der Waals surface area contributed by atoms with Crippen LogP contribution < -0.4 is 16.0 Å². The summed E-state index contributed by atoms with van der Waals surface area (Å²) in [6.45, 7) is 2.24. The van der Waals surface area contributed by atoms with Gasteiger partial charge in [-0.25, -0.2) is 18.8 Å². The van der Waals surface area contributed by atoms with Crippen molar-refractivity contribution < 1.29 is 13.6 Å². The Labute approximate surface area is 149 Å². The highest BCUT2D eigenvalue weighted by molar-refractivity contribution is 5.96. The van der Waals surface area contributed by atoms with Gasteiger partial charge in [0, 0.05) is 30.3 Å². The lowest BCUT2D eigenvalue weighted by molar-refractivity contribution is 0.0760. The number of amides is 1. The van der Waals surface area contributed by atoms with Crippen LogP contribution in [0.3, 0.4) is 0 Å². The van der Waals surface area contributed by atoms with Crippen LogP contribution in [-0.4, -0.2) is 28.9 Å². The summed E-state index contributed by atoms with van der Waals surface area (Å²) < 4.78 is 27.1. The summed E-state index contributed by atoms with van der Waals surface area (Å²) in [5.41, 5.74) is 8.18. The van der Waals surface area contributed by atoms with Crippen molar-refractivity contribution >= 4 is 11.7 Å². The van der Waals surface area contributed by atoms with Gasteiger partial charge in [-0.3, -0.25) is 4.79 Å². The fourth-order valence-corrected chi connectivity index (χ4v) is 3.21. The molecule has 1 amide bonds. The van der Waals surface area contributed by atoms with Crippen LogP contribution >= 0.6 is 0 Å². The summed E-state index contributed by atoms with van der Waals surface area (Å²) in [6.07, 6.45) is 2.32. The average Bonchev–Trinajstić information content (AvgIpc) is 3.09. The van der Waals surface area contributed by atoms with Crippen molar-refractivity contribution in [1.82, 2.24) is 20.8 Å². The molecule has 4 rings (SSSR count). The lowest BCUT2D eigenvalue weighted by atomic mass is 10.0. The molecule has 0 aliphatic carbocycles. The molecule has 134 valence electrons. The van der Waals surface area contributed by atoms with E-state index in [0.29, 0.717) is 19.5 Å². The Kier molecular flexibility index (Phi) is 4.04. The van der Waals surface area contributed by atoms with Gasteiger partial charge in [-0.2, -0.15) is 0 Å². The zero-order chi connectivity index (χ0) is 18.3. The van der Waals surface area contributed by atoms with Crippen molar-refractivity contribution in [3.05, 3.63) is 70.7 Å². The highest BCUT2D eigenvalue weighted by atomic mass is 19.2. The van der Waals surface area contributed by atoms with Crippen molar-refractivity contribution in [3.8, 4) is 0 Å². The number of carbonyl (C=O) groups excluding carboxylic acids is 1. The minimum Gasteiger partial charge on any atom is -0.332 e. The molecule has 0 radical (unpaired) electrons. The van der Waals surface area contributed by atoms with Crippen LogP contribution in [0.2, 0.25) is 0 Å². The Morgan fingerprint density at radius 2 is 2.08 bits per heavy atom. The monoisotopic (exact) mass is 357 g/mol. The number of nitrogens with one attached hydrogen (secondary N) is 2. The number of hydrogen-bond acceptors (Lipinski definition) is 5. The maximum absolute atomic E-state index is 13.8. The number of aromatic nitrogens is 1. The summed E-state index contributed by atoms with van der Waals surface area (Å²) in [5.74, 6) is -1.49. The summed E-state index contributed by atoms with van der Waals surface area (Å²) in [5, 5.41) is 1.85. The van der Waals surface area contributed by atoms with Crippen molar-refractivity contribution in [3.63, 3.8) is 0 Å². The van der Waals surface area contributed by atoms with Gasteiger partial charge in [0.05, 0.1) is 17.9 Å². The highest BCUT2D eigenvalue weighted by Gasteiger charge is 2.32. The SMILES string of the molecule is Cc1c(C(=O)N2CCC3=C(C2)NNN3c2ccccn2)ccc(F)c1F. The largest absolute Gasteiger partial charge is 0.332 e. The molecule has 0 fully saturated rings. The molecule has 1 aromatic heterocycles. The van der Waals surface area contributed by atoms with E-state index in [4.69, 9.17) is 0 Å². The van der Waals surface area contributed by atoms with Crippen molar-refractivity contribution in [1.29, 1.82) is 0 Å². The summed E-state index contributed by atoms with van der Waals surface area (Å²) in [6, 6.07) is 7.94. The van der Waals surface area contributed by atoms with Crippen LogP contribution in [0.1, 0.15) is 22.3 Å². The molecule has 0 bridgehead atoms. The number of nitrogens with zero attached hydrogens (tertiary/aromatic N) is 3. The summed E-state index contributed by atoms with van der Waals surface area (Å²) in [7, 11) is 0. The first-order valence-corrected chi connectivity index (χ1v) is 8.25. The highest BCUT2D eigenvalue weighted by Crippen LogP contribution is 2.27. The molecule has 2 aliphatic heterocycles. The quantitative estimate of drug-likeness (QED) is 0.863. The third-order valence-electron chi connectivity index (χ3n) is 4.64. The fourth-order valence-electron chi connectivity index (χ4n) is 3.21. The predicted octanol–water partition coefficient (Wildman–Crippen LogP) is 2.26. The molecule has 6 nitrogen and oxygen atoms in total. The molecule has 0 atom stereocenters. The molecule has 0 spiro atoms. The third kappa shape index (κ3) is 2.68. The van der Waals surface area contributed by atoms with E-state index in [-0.39, 0.29) is 17.0 Å². The second kappa shape index (κ2) is 6.38. The summed E-state index contributed by atoms with van der Waals surface area (Å²) in [4.78, 5) is 18.7. The van der Waals surface area contributed by atoms with Crippen LogP contribution in [0.5, 0.6) is 0 Å². The van der Waals surface area contributed by atoms with Crippen LogP contribution in [0.15, 0.2) is 47.9 Å². The lowest BCUT2D eigenvalue weighted by Crippen LogP contribution is -2.39. The van der Waals surface area contributed by atoms with Crippen molar-refractivity contribution in [2.45, 2.75) is 13.3 Å². The number of rotatable bonds is 2. The van der Waals surface area contributed by atoms with Crippen LogP contribution in [-0.2, 0) is 0 Å². The van der Waals surface area contributed by atoms with E-state index in [2.05, 4.69) is 15.9 Å². The molecule has 1 aromatic carbocycles. The third-order valence-corrected chi connectivity index (χ3v) is 4.64. The molecule has 2 aliphatic rings. The molecule has 2 N–H and O–H groups in total. The number of anilines is 1. The van der Waals surface area contributed by atoms with Gasteiger partial charge in [-0.1, -0.05) is 6.07 Å². The Bertz CT molecular complexity index is 900. The molecular formula is C18H17F2N5O. The van der Waals surface area contributed by atoms with E-state index in [9.17, 15) is 13.6 Å². The van der Waals surface area contributed by atoms with Gasteiger partial charge >= 0.3 is 0 Å². The average molecular weight is 357 g/mol. The molecular weight excluding hydrogens is 340 g/mol. The van der Waals surface area contributed by atoms with E-state index in [1.54, 1.807) is 11.1 Å². The van der Waals surface area contributed by atoms with Gasteiger partial charge in [-0.15, -0.1) is 5.53 Å². The molecule has 3 heterocycles. The van der Waals surface area contributed by atoms with Gasteiger partial charge in [0.25, 0.3) is 5.91 Å². The first kappa shape index (κ1) is 16.5. The number of hydrogen-bond donors (Lipinski definition) is 2. The number of hydrazine groups is 2. The summed E-state index contributed by atoms with van der Waals surface area (Å²) >= 11 is 0. The van der Waals surface area contributed by atoms with Crippen LogP contribution in [0.25, 0.3) is 0 Å². The standard InChI is InChI=1S/C18H17F2N5O/c1-11-12(5-6-13(19)17(11)20)18(26)24-9-7-15-14(10-24)22-23-25(15)16-4-2-3-8-21-16/h2-6,8,22-23H,7,9-10H2,1H3. The normalized spacial score (nSPS) is 16.6. The van der Waals surface area contributed by atoms with Gasteiger partial charge < -0.3 is 10.3 Å². The Morgan fingerprint density at radius 3 is 2.85 bits per heavy atom. The lowest BCUT2D eigenvalue weighted by Gasteiger charge is -2.29. The zero-order valence-electron chi connectivity index (χ0n) is 14.1. The molecule has 0 unspecified atom stereocenters. The predicted molar refractivity (Wildman–Crippen MR) is 91.6 cm³/mol. The number of carbonyl (C=O) groups is 1. The van der Waals surface area contributed by atoms with Crippen molar-refractivity contribution in [2.24, 2.45) is 0 Å².